The zero-order valence-corrected chi connectivity index (χ0v) is 14.6. The van der Waals surface area contributed by atoms with E-state index in [-0.39, 0.29) is 19.0 Å². The van der Waals surface area contributed by atoms with Crippen molar-refractivity contribution in [3.05, 3.63) is 24.3 Å². The summed E-state index contributed by atoms with van der Waals surface area (Å²) in [4.78, 5) is 22.5. The van der Waals surface area contributed by atoms with E-state index in [1.54, 1.807) is 6.92 Å². The number of rotatable bonds is 11. The van der Waals surface area contributed by atoms with Crippen molar-refractivity contribution >= 4 is 20.7 Å². The lowest BCUT2D eigenvalue weighted by molar-refractivity contribution is -0.148. The highest BCUT2D eigenvalue weighted by molar-refractivity contribution is 6.60. The molecule has 0 fully saturated rings. The van der Waals surface area contributed by atoms with Crippen LogP contribution in [0.5, 0.6) is 0 Å². The fraction of sp³-hybridized carbons (Fsp3) is 0.571. The zero-order chi connectivity index (χ0) is 17.2. The number of carbonyl (C=O) groups is 2. The Kier molecular flexibility index (Phi) is 9.58. The van der Waals surface area contributed by atoms with Crippen LogP contribution < -0.4 is 0 Å². The zero-order valence-electron chi connectivity index (χ0n) is 13.6. The van der Waals surface area contributed by atoms with Gasteiger partial charge in [-0.25, -0.2) is 9.59 Å². The molecule has 0 aliphatic heterocycles. The summed E-state index contributed by atoms with van der Waals surface area (Å²) in [5, 5.41) is 0. The van der Waals surface area contributed by atoms with Gasteiger partial charge in [0.15, 0.2) is 6.79 Å². The van der Waals surface area contributed by atoms with E-state index in [4.69, 9.17) is 22.8 Å². The summed E-state index contributed by atoms with van der Waals surface area (Å²) in [5.74, 6) is -0.996. The smallest absolute Gasteiger partial charge is 0.462 e. The molecule has 0 saturated carbocycles. The summed E-state index contributed by atoms with van der Waals surface area (Å²) in [6.45, 7) is 9.98. The highest BCUT2D eigenvalue weighted by Gasteiger charge is 2.39. The molecule has 0 heterocycles. The Balaban J connectivity index is 4.26. The maximum atomic E-state index is 11.3. The molecule has 0 aromatic carbocycles. The van der Waals surface area contributed by atoms with Crippen molar-refractivity contribution < 1.29 is 32.3 Å². The second-order valence-corrected chi connectivity index (χ2v) is 7.56. The lowest BCUT2D eigenvalue weighted by atomic mass is 10.4. The third-order valence-corrected chi connectivity index (χ3v) is 5.42. The third kappa shape index (κ3) is 7.50. The molecule has 0 aliphatic rings. The number of carbonyl (C=O) groups excluding carboxylic acids is 2. The highest BCUT2D eigenvalue weighted by Crippen LogP contribution is 2.16. The van der Waals surface area contributed by atoms with Gasteiger partial charge in [0, 0.05) is 31.4 Å². The number of hydrogen-bond acceptors (Lipinski definition) is 7. The number of esters is 2. The van der Waals surface area contributed by atoms with Gasteiger partial charge >= 0.3 is 20.7 Å². The molecule has 0 rings (SSSR count). The van der Waals surface area contributed by atoms with E-state index >= 15 is 0 Å². The Morgan fingerprint density at radius 3 is 1.91 bits per heavy atom. The van der Waals surface area contributed by atoms with Crippen LogP contribution in [0.4, 0.5) is 0 Å². The Hall–Kier alpha value is -1.48. The van der Waals surface area contributed by atoms with Gasteiger partial charge in [-0.05, 0) is 20.3 Å². The van der Waals surface area contributed by atoms with Gasteiger partial charge in [-0.15, -0.1) is 0 Å². The van der Waals surface area contributed by atoms with Crippen LogP contribution in [0.2, 0.25) is 6.04 Å². The van der Waals surface area contributed by atoms with Crippen molar-refractivity contribution in [3.63, 3.8) is 0 Å². The standard InChI is InChI=1S/C14H24O7Si/c1-11(2)13(15)19-8-7-9-22(17-5,18-6)21-10-20-14(16)12(3)4/h1,3,7-10H2,2,4-6H3. The van der Waals surface area contributed by atoms with Crippen LogP contribution >= 0.6 is 0 Å². The molecule has 0 aliphatic carbocycles. The first-order chi connectivity index (χ1) is 10.3. The molecule has 8 heteroatoms. The molecule has 0 radical (unpaired) electrons. The molecule has 0 unspecified atom stereocenters. The quantitative estimate of drug-likeness (QED) is 0.188. The van der Waals surface area contributed by atoms with Crippen LogP contribution in [0.25, 0.3) is 0 Å². The van der Waals surface area contributed by atoms with Gasteiger partial charge in [-0.1, -0.05) is 13.2 Å². The largest absolute Gasteiger partial charge is 0.503 e. The van der Waals surface area contributed by atoms with E-state index in [1.165, 1.54) is 21.1 Å². The first kappa shape index (κ1) is 20.5. The Bertz CT molecular complexity index is 415. The molecule has 0 saturated heterocycles. The first-order valence-electron chi connectivity index (χ1n) is 6.67. The normalized spacial score (nSPS) is 10.9. The summed E-state index contributed by atoms with van der Waals surface area (Å²) in [7, 11) is -0.0558. The molecule has 0 aromatic rings. The minimum Gasteiger partial charge on any atom is -0.462 e. The van der Waals surface area contributed by atoms with Crippen molar-refractivity contribution in [3.8, 4) is 0 Å². The Labute approximate surface area is 132 Å². The molecular formula is C14H24O7Si. The van der Waals surface area contributed by atoms with Crippen molar-refractivity contribution in [1.82, 2.24) is 0 Å². The predicted molar refractivity (Wildman–Crippen MR) is 81.8 cm³/mol. The lowest BCUT2D eigenvalue weighted by Crippen LogP contribution is -2.44. The molecule has 0 bridgehead atoms. The fourth-order valence-electron chi connectivity index (χ4n) is 1.35. The molecule has 0 atom stereocenters. The minimum atomic E-state index is -2.96. The molecule has 22 heavy (non-hydrogen) atoms. The van der Waals surface area contributed by atoms with E-state index in [1.807, 2.05) is 0 Å². The van der Waals surface area contributed by atoms with E-state index < -0.39 is 20.7 Å². The molecule has 0 aromatic heterocycles. The van der Waals surface area contributed by atoms with Crippen molar-refractivity contribution in [2.24, 2.45) is 0 Å². The van der Waals surface area contributed by atoms with Gasteiger partial charge in [0.25, 0.3) is 0 Å². The molecule has 7 nitrogen and oxygen atoms in total. The summed E-state index contributed by atoms with van der Waals surface area (Å²) in [6, 6.07) is 0.411. The Morgan fingerprint density at radius 1 is 0.955 bits per heavy atom. The summed E-state index contributed by atoms with van der Waals surface area (Å²) >= 11 is 0. The maximum Gasteiger partial charge on any atom is 0.503 e. The van der Waals surface area contributed by atoms with Crippen LogP contribution in [-0.2, 0) is 32.3 Å². The van der Waals surface area contributed by atoms with E-state index in [0.29, 0.717) is 18.0 Å². The second-order valence-electron chi connectivity index (χ2n) is 4.59. The summed E-state index contributed by atoms with van der Waals surface area (Å²) < 4.78 is 25.9. The third-order valence-electron chi connectivity index (χ3n) is 2.65. The van der Waals surface area contributed by atoms with E-state index in [9.17, 15) is 9.59 Å². The van der Waals surface area contributed by atoms with Crippen molar-refractivity contribution in [2.75, 3.05) is 27.6 Å². The topological polar surface area (TPSA) is 80.3 Å². The minimum absolute atomic E-state index is 0.197. The molecular weight excluding hydrogens is 308 g/mol. The van der Waals surface area contributed by atoms with Crippen molar-refractivity contribution in [2.45, 2.75) is 26.3 Å². The van der Waals surface area contributed by atoms with E-state index in [0.717, 1.165) is 0 Å². The van der Waals surface area contributed by atoms with Crippen LogP contribution in [-0.4, -0.2) is 48.4 Å². The van der Waals surface area contributed by atoms with Gasteiger partial charge in [0.2, 0.25) is 0 Å². The Morgan fingerprint density at radius 2 is 1.45 bits per heavy atom. The van der Waals surface area contributed by atoms with Crippen LogP contribution in [0.15, 0.2) is 24.3 Å². The SMILES string of the molecule is C=C(C)C(=O)OCCC[Si](OC)(OC)OCOC(=O)C(=C)C. The molecule has 126 valence electrons. The van der Waals surface area contributed by atoms with Gasteiger partial charge < -0.3 is 22.8 Å². The summed E-state index contributed by atoms with van der Waals surface area (Å²) in [6.07, 6.45) is 0.487. The number of hydrogen-bond donors (Lipinski definition) is 0. The van der Waals surface area contributed by atoms with Gasteiger partial charge in [0.05, 0.1) is 6.61 Å². The maximum absolute atomic E-state index is 11.3. The summed E-state index contributed by atoms with van der Waals surface area (Å²) in [5.41, 5.74) is 0.613. The van der Waals surface area contributed by atoms with E-state index in [2.05, 4.69) is 13.2 Å². The number of ether oxygens (including phenoxy) is 2. The lowest BCUT2D eigenvalue weighted by Gasteiger charge is -2.26. The first-order valence-corrected chi connectivity index (χ1v) is 8.60. The molecule has 0 amide bonds. The highest BCUT2D eigenvalue weighted by atomic mass is 28.4. The molecule has 0 spiro atoms. The molecule has 0 N–H and O–H groups in total. The predicted octanol–water partition coefficient (Wildman–Crippen LogP) is 1.82. The average molecular weight is 332 g/mol. The fourth-order valence-corrected chi connectivity index (χ4v) is 3.12. The van der Waals surface area contributed by atoms with Crippen LogP contribution in [0, 0.1) is 0 Å². The van der Waals surface area contributed by atoms with Gasteiger partial charge in [-0.3, -0.25) is 0 Å². The van der Waals surface area contributed by atoms with Crippen molar-refractivity contribution in [1.29, 1.82) is 0 Å². The van der Waals surface area contributed by atoms with Gasteiger partial charge in [-0.2, -0.15) is 0 Å². The van der Waals surface area contributed by atoms with Crippen LogP contribution in [0.1, 0.15) is 20.3 Å². The van der Waals surface area contributed by atoms with Crippen LogP contribution in [0.3, 0.4) is 0 Å². The second kappa shape index (κ2) is 10.3. The van der Waals surface area contributed by atoms with Gasteiger partial charge in [0.1, 0.15) is 0 Å². The average Bonchev–Trinajstić information content (AvgIpc) is 2.49. The monoisotopic (exact) mass is 332 g/mol.